The minimum atomic E-state index is 0.808. The van der Waals surface area contributed by atoms with Gasteiger partial charge in [0, 0.05) is 16.8 Å². The zero-order valence-electron chi connectivity index (χ0n) is 9.05. The van der Waals surface area contributed by atoms with E-state index in [4.69, 9.17) is 4.52 Å². The van der Waals surface area contributed by atoms with Gasteiger partial charge in [0.05, 0.1) is 12.7 Å². The van der Waals surface area contributed by atoms with Gasteiger partial charge in [-0.2, -0.15) is 0 Å². The van der Waals surface area contributed by atoms with Gasteiger partial charge in [0.25, 0.3) is 0 Å². The SMILES string of the molecule is Cc1cc2ccccc2n1Cc1cnoc1. The lowest BCUT2D eigenvalue weighted by atomic mass is 10.2. The molecule has 0 N–H and O–H groups in total. The molecule has 1 aromatic carbocycles. The molecule has 0 bridgehead atoms. The molecule has 16 heavy (non-hydrogen) atoms. The van der Waals surface area contributed by atoms with Crippen LogP contribution in [0.2, 0.25) is 0 Å². The second-order valence-electron chi connectivity index (χ2n) is 3.96. The third-order valence-electron chi connectivity index (χ3n) is 2.84. The fraction of sp³-hybridized carbons (Fsp3) is 0.154. The van der Waals surface area contributed by atoms with E-state index in [1.54, 1.807) is 12.5 Å². The molecule has 0 spiro atoms. The normalized spacial score (nSPS) is 11.1. The van der Waals surface area contributed by atoms with E-state index in [2.05, 4.69) is 47.0 Å². The minimum absolute atomic E-state index is 0.808. The van der Waals surface area contributed by atoms with E-state index >= 15 is 0 Å². The summed E-state index contributed by atoms with van der Waals surface area (Å²) in [5.74, 6) is 0. The van der Waals surface area contributed by atoms with Crippen LogP contribution >= 0.6 is 0 Å². The average molecular weight is 212 g/mol. The fourth-order valence-electron chi connectivity index (χ4n) is 2.05. The van der Waals surface area contributed by atoms with Gasteiger partial charge in [-0.25, -0.2) is 0 Å². The highest BCUT2D eigenvalue weighted by Gasteiger charge is 2.06. The zero-order chi connectivity index (χ0) is 11.0. The van der Waals surface area contributed by atoms with Crippen LogP contribution < -0.4 is 0 Å². The fourth-order valence-corrected chi connectivity index (χ4v) is 2.05. The van der Waals surface area contributed by atoms with Crippen molar-refractivity contribution in [2.45, 2.75) is 13.5 Å². The van der Waals surface area contributed by atoms with Crippen molar-refractivity contribution < 1.29 is 4.52 Å². The number of hydrogen-bond donors (Lipinski definition) is 0. The van der Waals surface area contributed by atoms with E-state index in [9.17, 15) is 0 Å². The van der Waals surface area contributed by atoms with Crippen molar-refractivity contribution in [3.63, 3.8) is 0 Å². The summed E-state index contributed by atoms with van der Waals surface area (Å²) in [7, 11) is 0. The number of rotatable bonds is 2. The quantitative estimate of drug-likeness (QED) is 0.653. The van der Waals surface area contributed by atoms with E-state index in [0.717, 1.165) is 12.1 Å². The van der Waals surface area contributed by atoms with Crippen molar-refractivity contribution in [1.82, 2.24) is 9.72 Å². The van der Waals surface area contributed by atoms with Crippen molar-refractivity contribution >= 4 is 10.9 Å². The van der Waals surface area contributed by atoms with E-state index in [0.29, 0.717) is 0 Å². The molecule has 0 aliphatic heterocycles. The smallest absolute Gasteiger partial charge is 0.128 e. The highest BCUT2D eigenvalue weighted by atomic mass is 16.5. The van der Waals surface area contributed by atoms with Crippen LogP contribution in [0.5, 0.6) is 0 Å². The van der Waals surface area contributed by atoms with Gasteiger partial charge >= 0.3 is 0 Å². The maximum atomic E-state index is 4.85. The Morgan fingerprint density at radius 3 is 3.00 bits per heavy atom. The highest BCUT2D eigenvalue weighted by Crippen LogP contribution is 2.20. The number of fused-ring (bicyclic) bond motifs is 1. The highest BCUT2D eigenvalue weighted by molar-refractivity contribution is 5.81. The van der Waals surface area contributed by atoms with Crippen molar-refractivity contribution in [2.24, 2.45) is 0 Å². The molecule has 3 nitrogen and oxygen atoms in total. The summed E-state index contributed by atoms with van der Waals surface area (Å²) in [5, 5.41) is 5.00. The van der Waals surface area contributed by atoms with Crippen LogP contribution in [-0.2, 0) is 6.54 Å². The van der Waals surface area contributed by atoms with Gasteiger partial charge < -0.3 is 9.09 Å². The first-order valence-corrected chi connectivity index (χ1v) is 5.28. The molecule has 3 heteroatoms. The standard InChI is InChI=1S/C13H12N2O/c1-10-6-12-4-2-3-5-13(12)15(10)8-11-7-14-16-9-11/h2-7,9H,8H2,1H3. The Morgan fingerprint density at radius 1 is 1.31 bits per heavy atom. The lowest BCUT2D eigenvalue weighted by Crippen LogP contribution is -1.99. The molecular formula is C13H12N2O. The molecule has 0 aliphatic rings. The van der Waals surface area contributed by atoms with Gasteiger partial charge in [-0.15, -0.1) is 0 Å². The average Bonchev–Trinajstić information content (AvgIpc) is 2.89. The molecule has 3 aromatic rings. The van der Waals surface area contributed by atoms with Crippen molar-refractivity contribution in [2.75, 3.05) is 0 Å². The van der Waals surface area contributed by atoms with E-state index in [1.165, 1.54) is 16.6 Å². The summed E-state index contributed by atoms with van der Waals surface area (Å²) >= 11 is 0. The van der Waals surface area contributed by atoms with E-state index in [-0.39, 0.29) is 0 Å². The Labute approximate surface area is 93.3 Å². The molecule has 0 saturated heterocycles. The molecule has 0 fully saturated rings. The van der Waals surface area contributed by atoms with E-state index < -0.39 is 0 Å². The first kappa shape index (κ1) is 9.21. The zero-order valence-corrected chi connectivity index (χ0v) is 9.05. The Hall–Kier alpha value is -2.03. The number of para-hydroxylation sites is 1. The summed E-state index contributed by atoms with van der Waals surface area (Å²) < 4.78 is 7.12. The van der Waals surface area contributed by atoms with Gasteiger partial charge in [0.1, 0.15) is 6.26 Å². The maximum absolute atomic E-state index is 4.85. The van der Waals surface area contributed by atoms with Crippen molar-refractivity contribution in [3.05, 3.63) is 54.0 Å². The molecule has 2 heterocycles. The lowest BCUT2D eigenvalue weighted by molar-refractivity contribution is 0.418. The second-order valence-corrected chi connectivity index (χ2v) is 3.96. The number of aryl methyl sites for hydroxylation is 1. The van der Waals surface area contributed by atoms with Gasteiger partial charge in [-0.1, -0.05) is 23.4 Å². The molecule has 80 valence electrons. The summed E-state index contributed by atoms with van der Waals surface area (Å²) in [6.45, 7) is 2.93. The van der Waals surface area contributed by atoms with Gasteiger partial charge in [0.2, 0.25) is 0 Å². The van der Waals surface area contributed by atoms with Gasteiger partial charge in [0.15, 0.2) is 0 Å². The third-order valence-corrected chi connectivity index (χ3v) is 2.84. The van der Waals surface area contributed by atoms with Crippen LogP contribution in [0, 0.1) is 6.92 Å². The molecule has 0 atom stereocenters. The van der Waals surface area contributed by atoms with Crippen molar-refractivity contribution in [3.8, 4) is 0 Å². The summed E-state index contributed by atoms with van der Waals surface area (Å²) in [5.41, 5.74) is 3.59. The van der Waals surface area contributed by atoms with Gasteiger partial charge in [-0.3, -0.25) is 0 Å². The van der Waals surface area contributed by atoms with Crippen molar-refractivity contribution in [1.29, 1.82) is 0 Å². The van der Waals surface area contributed by atoms with Crippen LogP contribution in [0.3, 0.4) is 0 Å². The summed E-state index contributed by atoms with van der Waals surface area (Å²) in [6, 6.07) is 10.6. The number of nitrogens with zero attached hydrogens (tertiary/aromatic N) is 2. The Morgan fingerprint density at radius 2 is 2.19 bits per heavy atom. The predicted molar refractivity (Wildman–Crippen MR) is 62.3 cm³/mol. The van der Waals surface area contributed by atoms with Gasteiger partial charge in [-0.05, 0) is 24.4 Å². The largest absolute Gasteiger partial charge is 0.364 e. The van der Waals surface area contributed by atoms with E-state index in [1.807, 2.05) is 0 Å². The summed E-state index contributed by atoms with van der Waals surface area (Å²) in [6.07, 6.45) is 3.45. The Bertz CT molecular complexity index is 608. The second kappa shape index (κ2) is 3.52. The molecule has 0 unspecified atom stereocenters. The molecular weight excluding hydrogens is 200 g/mol. The molecule has 0 aliphatic carbocycles. The molecule has 0 radical (unpaired) electrons. The molecule has 2 aromatic heterocycles. The van der Waals surface area contributed by atoms with Crippen LogP contribution in [0.1, 0.15) is 11.3 Å². The van der Waals surface area contributed by atoms with Crippen LogP contribution in [-0.4, -0.2) is 9.72 Å². The minimum Gasteiger partial charge on any atom is -0.364 e. The Balaban J connectivity index is 2.12. The summed E-state index contributed by atoms with van der Waals surface area (Å²) in [4.78, 5) is 0. The first-order valence-electron chi connectivity index (χ1n) is 5.28. The number of aromatic nitrogens is 2. The lowest BCUT2D eigenvalue weighted by Gasteiger charge is -2.05. The third kappa shape index (κ3) is 1.41. The predicted octanol–water partition coefficient (Wildman–Crippen LogP) is 2.99. The van der Waals surface area contributed by atoms with Crippen LogP contribution in [0.25, 0.3) is 10.9 Å². The van der Waals surface area contributed by atoms with Crippen LogP contribution in [0.4, 0.5) is 0 Å². The van der Waals surface area contributed by atoms with Crippen LogP contribution in [0.15, 0.2) is 47.3 Å². The number of benzene rings is 1. The molecule has 0 amide bonds. The number of hydrogen-bond acceptors (Lipinski definition) is 2. The monoisotopic (exact) mass is 212 g/mol. The topological polar surface area (TPSA) is 31.0 Å². The first-order chi connectivity index (χ1) is 7.84. The Kier molecular flexibility index (Phi) is 2.03. The maximum Gasteiger partial charge on any atom is 0.128 e. The molecule has 3 rings (SSSR count). The molecule has 0 saturated carbocycles.